The van der Waals surface area contributed by atoms with Gasteiger partial charge in [-0.1, -0.05) is 56.3 Å². The lowest BCUT2D eigenvalue weighted by atomic mass is 9.84. The summed E-state index contributed by atoms with van der Waals surface area (Å²) in [5.41, 5.74) is 2.09. The van der Waals surface area contributed by atoms with Gasteiger partial charge in [0.15, 0.2) is 5.82 Å². The molecule has 1 amide bonds. The quantitative estimate of drug-likeness (QED) is 0.258. The molecule has 1 atom stereocenters. The molecule has 2 aromatic heterocycles. The molecular formula is C31H37N7O4. The number of aromatic nitrogens is 4. The van der Waals surface area contributed by atoms with E-state index in [4.69, 9.17) is 4.42 Å². The molecule has 0 saturated carbocycles. The summed E-state index contributed by atoms with van der Waals surface area (Å²) in [7, 11) is 5.52. The van der Waals surface area contributed by atoms with E-state index >= 15 is 0 Å². The number of hydrogen-bond acceptors (Lipinski definition) is 9. The number of nitrogens with one attached hydrogen (secondary N) is 2. The van der Waals surface area contributed by atoms with Crippen molar-refractivity contribution < 1.29 is 14.0 Å². The average molecular weight is 572 g/mol. The van der Waals surface area contributed by atoms with Crippen molar-refractivity contribution in [2.24, 2.45) is 5.92 Å². The smallest absolute Gasteiger partial charge is 0.294 e. The van der Waals surface area contributed by atoms with E-state index < -0.39 is 28.7 Å². The Labute approximate surface area is 245 Å². The number of Topliss-reactive ketones (excluding diaryl/α,β-unsaturated/α-hetero) is 1. The number of rotatable bonds is 11. The van der Waals surface area contributed by atoms with E-state index in [1.54, 1.807) is 7.05 Å². The molecule has 42 heavy (non-hydrogen) atoms. The monoisotopic (exact) mass is 571 g/mol. The van der Waals surface area contributed by atoms with Gasteiger partial charge in [-0.15, -0.1) is 10.2 Å². The Morgan fingerprint density at radius 2 is 1.69 bits per heavy atom. The molecule has 2 N–H and O–H groups in total. The Kier molecular flexibility index (Phi) is 8.89. The van der Waals surface area contributed by atoms with Gasteiger partial charge in [0.05, 0.1) is 23.3 Å². The standard InChI is InChI=1S/C31H37N7O4/c1-19(2)25(26(40)28-35-36-30(42-28)31(3,4)21-13-15-22(16-14-21)37(6)7)34-24(39)18-38-23(20-11-9-8-10-12-20)17-33-27(32-5)29(38)41/h8-17,19,25H,18H2,1-7H3,(H,32,33)(H,34,39)/t25-/m0/s1. The van der Waals surface area contributed by atoms with Crippen LogP contribution in [-0.4, -0.2) is 58.6 Å². The van der Waals surface area contributed by atoms with Crippen LogP contribution in [0.2, 0.25) is 0 Å². The van der Waals surface area contributed by atoms with Crippen LogP contribution in [0.25, 0.3) is 11.3 Å². The van der Waals surface area contributed by atoms with Crippen molar-refractivity contribution in [2.75, 3.05) is 31.4 Å². The van der Waals surface area contributed by atoms with E-state index in [1.807, 2.05) is 101 Å². The summed E-state index contributed by atoms with van der Waals surface area (Å²) < 4.78 is 7.23. The average Bonchev–Trinajstić information content (AvgIpc) is 3.48. The molecule has 11 nitrogen and oxygen atoms in total. The minimum absolute atomic E-state index is 0.108. The Morgan fingerprint density at radius 1 is 1.02 bits per heavy atom. The van der Waals surface area contributed by atoms with Gasteiger partial charge in [-0.2, -0.15) is 0 Å². The third-order valence-electron chi connectivity index (χ3n) is 7.20. The van der Waals surface area contributed by atoms with Gasteiger partial charge in [-0.25, -0.2) is 4.98 Å². The second-order valence-electron chi connectivity index (χ2n) is 11.1. The normalized spacial score (nSPS) is 12.2. The third kappa shape index (κ3) is 6.24. The van der Waals surface area contributed by atoms with E-state index in [-0.39, 0.29) is 30.1 Å². The summed E-state index contributed by atoms with van der Waals surface area (Å²) in [4.78, 5) is 46.1. The summed E-state index contributed by atoms with van der Waals surface area (Å²) in [5, 5.41) is 13.8. The minimum atomic E-state index is -0.949. The summed E-state index contributed by atoms with van der Waals surface area (Å²) in [6.45, 7) is 7.18. The first-order valence-corrected chi connectivity index (χ1v) is 13.7. The molecule has 0 spiro atoms. The molecule has 0 radical (unpaired) electrons. The highest BCUT2D eigenvalue weighted by atomic mass is 16.4. The number of anilines is 2. The lowest BCUT2D eigenvalue weighted by molar-refractivity contribution is -0.122. The van der Waals surface area contributed by atoms with Crippen LogP contribution in [0, 0.1) is 5.92 Å². The van der Waals surface area contributed by atoms with Crippen molar-refractivity contribution in [3.05, 3.63) is 88.5 Å². The molecule has 0 aliphatic carbocycles. The Balaban J connectivity index is 1.56. The summed E-state index contributed by atoms with van der Waals surface area (Å²) in [5.74, 6) is -1.11. The van der Waals surface area contributed by atoms with Crippen molar-refractivity contribution in [2.45, 2.75) is 45.7 Å². The second-order valence-corrected chi connectivity index (χ2v) is 11.1. The number of carbonyl (C=O) groups is 2. The minimum Gasteiger partial charge on any atom is -0.417 e. The zero-order chi connectivity index (χ0) is 30.6. The highest BCUT2D eigenvalue weighted by Crippen LogP contribution is 2.32. The van der Waals surface area contributed by atoms with Crippen molar-refractivity contribution in [1.82, 2.24) is 25.1 Å². The molecule has 0 fully saturated rings. The van der Waals surface area contributed by atoms with E-state index in [1.165, 1.54) is 10.8 Å². The Hall–Kier alpha value is -4.80. The van der Waals surface area contributed by atoms with Crippen LogP contribution in [-0.2, 0) is 16.8 Å². The molecule has 220 valence electrons. The fraction of sp³-hybridized carbons (Fsp3) is 0.355. The molecule has 11 heteroatoms. The zero-order valence-electron chi connectivity index (χ0n) is 25.0. The van der Waals surface area contributed by atoms with Crippen molar-refractivity contribution in [3.8, 4) is 11.3 Å². The Morgan fingerprint density at radius 3 is 2.29 bits per heavy atom. The lowest BCUT2D eigenvalue weighted by Crippen LogP contribution is -2.46. The molecule has 0 aliphatic heterocycles. The molecular weight excluding hydrogens is 534 g/mol. The topological polar surface area (TPSA) is 135 Å². The molecule has 0 bridgehead atoms. The van der Waals surface area contributed by atoms with Gasteiger partial charge in [-0.3, -0.25) is 19.0 Å². The van der Waals surface area contributed by atoms with Crippen LogP contribution in [0.4, 0.5) is 11.5 Å². The number of nitrogens with zero attached hydrogens (tertiary/aromatic N) is 5. The number of hydrogen-bond donors (Lipinski definition) is 2. The first-order chi connectivity index (χ1) is 19.9. The third-order valence-corrected chi connectivity index (χ3v) is 7.20. The van der Waals surface area contributed by atoms with E-state index in [0.717, 1.165) is 16.8 Å². The highest BCUT2D eigenvalue weighted by molar-refractivity contribution is 5.98. The maximum atomic E-state index is 13.5. The maximum Gasteiger partial charge on any atom is 0.294 e. The summed E-state index contributed by atoms with van der Waals surface area (Å²) in [6.07, 6.45) is 1.54. The molecule has 4 aromatic rings. The number of amides is 1. The van der Waals surface area contributed by atoms with Crippen LogP contribution in [0.3, 0.4) is 0 Å². The summed E-state index contributed by atoms with van der Waals surface area (Å²) >= 11 is 0. The molecule has 4 rings (SSSR count). The zero-order valence-corrected chi connectivity index (χ0v) is 25.0. The van der Waals surface area contributed by atoms with Gasteiger partial charge in [-0.05, 0) is 43.0 Å². The van der Waals surface area contributed by atoms with Crippen molar-refractivity contribution >= 4 is 23.2 Å². The molecule has 2 aromatic carbocycles. The van der Waals surface area contributed by atoms with Gasteiger partial charge in [0.2, 0.25) is 17.6 Å². The molecule has 0 saturated heterocycles. The highest BCUT2D eigenvalue weighted by Gasteiger charge is 2.34. The first-order valence-electron chi connectivity index (χ1n) is 13.7. The maximum absolute atomic E-state index is 13.5. The van der Waals surface area contributed by atoms with E-state index in [0.29, 0.717) is 5.69 Å². The Bertz CT molecular complexity index is 1610. The second kappa shape index (κ2) is 12.4. The first kappa shape index (κ1) is 30.2. The molecule has 2 heterocycles. The fourth-order valence-corrected chi connectivity index (χ4v) is 4.56. The van der Waals surface area contributed by atoms with Crippen LogP contribution in [0.1, 0.15) is 49.8 Å². The van der Waals surface area contributed by atoms with Crippen LogP contribution >= 0.6 is 0 Å². The number of ketones is 1. The largest absolute Gasteiger partial charge is 0.417 e. The number of carbonyl (C=O) groups excluding carboxylic acids is 2. The van der Waals surface area contributed by atoms with Crippen LogP contribution in [0.5, 0.6) is 0 Å². The van der Waals surface area contributed by atoms with Gasteiger partial charge >= 0.3 is 0 Å². The SMILES string of the molecule is CNc1ncc(-c2ccccc2)n(CC(=O)N[C@H](C(=O)c2nnc(C(C)(C)c3ccc(N(C)C)cc3)o2)C(C)C)c1=O. The number of benzene rings is 2. The predicted molar refractivity (Wildman–Crippen MR) is 162 cm³/mol. The van der Waals surface area contributed by atoms with Crippen LogP contribution in [0.15, 0.2) is 70.0 Å². The lowest BCUT2D eigenvalue weighted by Gasteiger charge is -2.22. The van der Waals surface area contributed by atoms with Gasteiger partial charge in [0, 0.05) is 26.8 Å². The fourth-order valence-electron chi connectivity index (χ4n) is 4.56. The predicted octanol–water partition coefficient (Wildman–Crippen LogP) is 3.75. The summed E-state index contributed by atoms with van der Waals surface area (Å²) in [6, 6.07) is 16.2. The van der Waals surface area contributed by atoms with Gasteiger partial charge in [0.25, 0.3) is 11.4 Å². The van der Waals surface area contributed by atoms with Crippen LogP contribution < -0.4 is 21.1 Å². The van der Waals surface area contributed by atoms with E-state index in [2.05, 4.69) is 25.8 Å². The van der Waals surface area contributed by atoms with Gasteiger partial charge in [0.1, 0.15) is 6.54 Å². The van der Waals surface area contributed by atoms with Crippen molar-refractivity contribution in [3.63, 3.8) is 0 Å². The van der Waals surface area contributed by atoms with Gasteiger partial charge < -0.3 is 20.0 Å². The van der Waals surface area contributed by atoms with E-state index in [9.17, 15) is 14.4 Å². The molecule has 0 unspecified atom stereocenters. The van der Waals surface area contributed by atoms with Crippen molar-refractivity contribution in [1.29, 1.82) is 0 Å². The molecule has 0 aliphatic rings.